The maximum Gasteiger partial charge on any atom is 0.481 e. The van der Waals surface area contributed by atoms with Gasteiger partial charge in [0.05, 0.1) is 25.6 Å². The highest BCUT2D eigenvalue weighted by atomic mass is 31.3. The van der Waals surface area contributed by atoms with Gasteiger partial charge in [0.25, 0.3) is 0 Å². The standard InChI is InChI=1S/C21H29N7O14P2.C18H24O2/c22-17-12-19(25-7-24-17)28(8-26-12)21-16(32)14(30)11(41-21)6-39-44(36,37)42-43(34,35)38-5-10-13(29)15(31)20(40-10)27-3-1-2-9(4-27)18(23)33;1-18-9-8-14-13-5-3-12(19)10-11(13)2-4-15(14)16(18)6-7-17(18)20/h1,3-4,7-8,10-11,13-16,20-21,29-32H,2,5-6H2,(H2,23,33)(H,34,35)(H,36,37)(H2,22,24,25);3,5,10,14-17,19-20H,2,4,6-9H2,1H3/t10-,11-,13-,14-,15-,16-,20-,21-;14-,15-,16+,17+,18+/m11/s1. The number of aliphatic hydroxyl groups excluding tert-OH is 5. The number of phenols is 1. The Morgan fingerprint density at radius 3 is 2.28 bits per heavy atom. The summed E-state index contributed by atoms with van der Waals surface area (Å²) in [5, 5.41) is 61.7. The summed E-state index contributed by atoms with van der Waals surface area (Å²) < 4.78 is 50.8. The Balaban J connectivity index is 0.000000231. The number of ether oxygens (including phenoxy) is 2. The van der Waals surface area contributed by atoms with E-state index in [4.69, 9.17) is 30.0 Å². The number of aromatic nitrogens is 4. The van der Waals surface area contributed by atoms with Gasteiger partial charge in [-0.3, -0.25) is 18.4 Å². The predicted molar refractivity (Wildman–Crippen MR) is 221 cm³/mol. The van der Waals surface area contributed by atoms with Crippen LogP contribution in [-0.2, 0) is 43.2 Å². The van der Waals surface area contributed by atoms with Crippen molar-refractivity contribution < 1.29 is 77.2 Å². The van der Waals surface area contributed by atoms with Crippen LogP contribution in [0.2, 0.25) is 0 Å². The number of aryl methyl sites for hydroxylation is 1. The van der Waals surface area contributed by atoms with Crippen molar-refractivity contribution in [3.63, 3.8) is 0 Å². The van der Waals surface area contributed by atoms with Crippen molar-refractivity contribution in [2.24, 2.45) is 23.0 Å². The zero-order valence-electron chi connectivity index (χ0n) is 34.5. The Morgan fingerprint density at radius 2 is 1.59 bits per heavy atom. The lowest BCUT2D eigenvalue weighted by atomic mass is 9.55. The number of fused-ring (bicyclic) bond motifs is 6. The number of hydrogen-bond donors (Lipinski definition) is 10. The molecule has 12 N–H and O–H groups in total. The molecule has 0 spiro atoms. The van der Waals surface area contributed by atoms with Crippen LogP contribution >= 0.6 is 15.6 Å². The molecule has 3 aliphatic heterocycles. The molecular formula is C39H53N7O16P2. The number of carbonyl (C=O) groups excluding carboxylic acids is 1. The summed E-state index contributed by atoms with van der Waals surface area (Å²) >= 11 is 0. The molecule has 2 saturated carbocycles. The number of nitrogens with zero attached hydrogens (tertiary/aromatic N) is 5. The van der Waals surface area contributed by atoms with Crippen LogP contribution in [0.15, 0.2) is 54.9 Å². The van der Waals surface area contributed by atoms with E-state index in [0.29, 0.717) is 17.6 Å². The molecule has 3 aliphatic carbocycles. The number of primary amides is 1. The summed E-state index contributed by atoms with van der Waals surface area (Å²) in [4.78, 5) is 44.6. The summed E-state index contributed by atoms with van der Waals surface area (Å²) in [6, 6.07) is 5.96. The monoisotopic (exact) mass is 937 g/mol. The zero-order valence-corrected chi connectivity index (χ0v) is 36.3. The predicted octanol–water partition coefficient (Wildman–Crippen LogP) is 0.923. The zero-order chi connectivity index (χ0) is 45.9. The molecule has 0 bridgehead atoms. The fourth-order valence-electron chi connectivity index (χ4n) is 10.2. The van der Waals surface area contributed by atoms with Gasteiger partial charge in [-0.25, -0.2) is 24.1 Å². The maximum atomic E-state index is 12.4. The summed E-state index contributed by atoms with van der Waals surface area (Å²) in [5.41, 5.74) is 14.6. The number of nitrogen functional groups attached to an aromatic ring is 1. The van der Waals surface area contributed by atoms with Gasteiger partial charge in [0.15, 0.2) is 23.9 Å². The third-order valence-corrected chi connectivity index (χ3v) is 16.1. The van der Waals surface area contributed by atoms with Crippen molar-refractivity contribution in [1.82, 2.24) is 24.4 Å². The third kappa shape index (κ3) is 9.12. The van der Waals surface area contributed by atoms with Crippen LogP contribution in [0.3, 0.4) is 0 Å². The van der Waals surface area contributed by atoms with Gasteiger partial charge in [0, 0.05) is 18.0 Å². The third-order valence-electron chi connectivity index (χ3n) is 13.5. The van der Waals surface area contributed by atoms with E-state index >= 15 is 0 Å². The van der Waals surface area contributed by atoms with Gasteiger partial charge in [-0.1, -0.05) is 19.1 Å². The van der Waals surface area contributed by atoms with Crippen LogP contribution < -0.4 is 11.5 Å². The number of carbonyl (C=O) groups is 1. The Kier molecular flexibility index (Phi) is 13.2. The molecule has 2 saturated heterocycles. The average Bonchev–Trinajstić information content (AvgIpc) is 3.98. The molecule has 1 amide bonds. The van der Waals surface area contributed by atoms with E-state index in [9.17, 15) is 54.4 Å². The Hall–Kier alpha value is -3.90. The smallest absolute Gasteiger partial charge is 0.481 e. The quantitative estimate of drug-likeness (QED) is 0.120. The minimum atomic E-state index is -5.37. The molecule has 15 atom stereocenters. The van der Waals surface area contributed by atoms with Crippen molar-refractivity contribution in [3.8, 4) is 5.75 Å². The van der Waals surface area contributed by atoms with E-state index in [0.717, 1.165) is 31.5 Å². The Bertz CT molecular complexity index is 2390. The number of rotatable bonds is 11. The molecule has 6 aliphatic rings. The minimum Gasteiger partial charge on any atom is -0.508 e. The first-order valence-corrected chi connectivity index (χ1v) is 23.8. The molecule has 9 rings (SSSR count). The SMILES string of the molecule is C[C@]12CC[C@@H]3c4ccc(O)cc4CC[C@H]3[C@@H]1CC[C@@H]2O.NC(=O)C1=CN([C@@H]2O[C@H](COP(=O)(O)OP(=O)(O)OC[C@H]3O[C@@H](n4cnc5c(N)ncnc54)[C@H](O)[C@@H]3O)[C@@H](O)[C@H]2O)C=CC1. The molecule has 0 radical (unpaired) electrons. The van der Waals surface area contributed by atoms with Crippen molar-refractivity contribution in [3.05, 3.63) is 66.0 Å². The molecule has 25 heteroatoms. The second-order valence-corrected chi connectivity index (χ2v) is 20.3. The molecule has 2 aromatic heterocycles. The number of amides is 1. The van der Waals surface area contributed by atoms with Crippen LogP contribution in [0, 0.1) is 17.3 Å². The largest absolute Gasteiger partial charge is 0.508 e. The lowest BCUT2D eigenvalue weighted by Crippen LogP contribution is -2.43. The highest BCUT2D eigenvalue weighted by Crippen LogP contribution is 2.62. The summed E-state index contributed by atoms with van der Waals surface area (Å²) in [5.74, 6) is 1.83. The van der Waals surface area contributed by atoms with E-state index in [1.165, 1.54) is 58.6 Å². The molecule has 5 heterocycles. The Morgan fingerprint density at radius 1 is 0.922 bits per heavy atom. The number of phosphoric ester groups is 2. The first-order chi connectivity index (χ1) is 30.3. The van der Waals surface area contributed by atoms with Crippen molar-refractivity contribution >= 4 is 38.5 Å². The number of aliphatic hydroxyl groups is 5. The van der Waals surface area contributed by atoms with Gasteiger partial charge in [-0.05, 0) is 91.4 Å². The number of aromatic hydroxyl groups is 1. The number of allylic oxidation sites excluding steroid dienone is 1. The number of hydrogen-bond acceptors (Lipinski definition) is 19. The molecule has 2 unspecified atom stereocenters. The van der Waals surface area contributed by atoms with Gasteiger partial charge >= 0.3 is 15.6 Å². The maximum absolute atomic E-state index is 12.4. The molecule has 3 aromatic rings. The molecule has 64 heavy (non-hydrogen) atoms. The minimum absolute atomic E-state index is 0.0517. The van der Waals surface area contributed by atoms with E-state index in [2.05, 4.69) is 32.3 Å². The van der Waals surface area contributed by atoms with Crippen LogP contribution in [-0.4, -0.2) is 133 Å². The topological polar surface area (TPSA) is 358 Å². The van der Waals surface area contributed by atoms with Gasteiger partial charge in [-0.15, -0.1) is 0 Å². The summed E-state index contributed by atoms with van der Waals surface area (Å²) in [7, 11) is -10.7. The van der Waals surface area contributed by atoms with E-state index in [-0.39, 0.29) is 40.5 Å². The first-order valence-electron chi connectivity index (χ1n) is 20.8. The highest BCUT2D eigenvalue weighted by molar-refractivity contribution is 7.61. The number of nitrogens with two attached hydrogens (primary N) is 2. The van der Waals surface area contributed by atoms with Crippen LogP contribution in [0.1, 0.15) is 68.7 Å². The molecular weight excluding hydrogens is 884 g/mol. The number of phenolic OH excluding ortho intramolecular Hbond substituents is 1. The molecule has 1 aromatic carbocycles. The summed E-state index contributed by atoms with van der Waals surface area (Å²) in [6.07, 6.45) is 1.90. The van der Waals surface area contributed by atoms with Crippen molar-refractivity contribution in [2.45, 2.75) is 113 Å². The molecule has 23 nitrogen and oxygen atoms in total. The van der Waals surface area contributed by atoms with E-state index < -0.39 is 83.8 Å². The van der Waals surface area contributed by atoms with Crippen molar-refractivity contribution in [2.75, 3.05) is 18.9 Å². The Labute approximate surface area is 366 Å². The number of imidazole rings is 1. The number of anilines is 1. The van der Waals surface area contributed by atoms with Gasteiger partial charge < -0.3 is 66.3 Å². The average molecular weight is 938 g/mol. The first kappa shape index (κ1) is 46.6. The lowest BCUT2D eigenvalue weighted by molar-refractivity contribution is -0.115. The van der Waals surface area contributed by atoms with E-state index in [1.807, 2.05) is 12.1 Å². The normalized spacial score (nSPS) is 36.2. The van der Waals surface area contributed by atoms with Gasteiger partial charge in [0.1, 0.15) is 54.2 Å². The fraction of sp³-hybridized carbons (Fsp3) is 0.590. The van der Waals surface area contributed by atoms with Crippen LogP contribution in [0.25, 0.3) is 11.2 Å². The highest BCUT2D eigenvalue weighted by Gasteiger charge is 2.54. The van der Waals surface area contributed by atoms with Crippen LogP contribution in [0.5, 0.6) is 5.75 Å². The van der Waals surface area contributed by atoms with Gasteiger partial charge in [0.2, 0.25) is 5.91 Å². The summed E-state index contributed by atoms with van der Waals surface area (Å²) in [6.45, 7) is 0.532. The molecule has 4 fully saturated rings. The van der Waals surface area contributed by atoms with E-state index in [1.54, 1.807) is 6.08 Å². The molecule has 350 valence electrons. The number of benzene rings is 1. The van der Waals surface area contributed by atoms with Gasteiger partial charge in [-0.2, -0.15) is 4.31 Å². The van der Waals surface area contributed by atoms with Crippen molar-refractivity contribution in [1.29, 1.82) is 0 Å². The lowest BCUT2D eigenvalue weighted by Gasteiger charge is -2.50. The van der Waals surface area contributed by atoms with Crippen LogP contribution in [0.4, 0.5) is 5.82 Å². The second kappa shape index (κ2) is 18.1. The second-order valence-electron chi connectivity index (χ2n) is 17.3. The number of phosphoric acid groups is 2. The fourth-order valence-corrected chi connectivity index (χ4v) is 12.3.